The number of pyridine rings is 2. The fourth-order valence-electron chi connectivity index (χ4n) is 4.30. The zero-order chi connectivity index (χ0) is 28.8. The van der Waals surface area contributed by atoms with E-state index in [0.29, 0.717) is 11.1 Å². The molecular weight excluding hydrogens is 665 g/mol. The first kappa shape index (κ1) is 21.3. The van der Waals surface area contributed by atoms with Gasteiger partial charge in [-0.25, -0.2) is 0 Å². The number of nitrogens with zero attached hydrogens (tertiary/aromatic N) is 2. The number of rotatable bonds is 2. The summed E-state index contributed by atoms with van der Waals surface area (Å²) in [5.74, 6) is 0. The van der Waals surface area contributed by atoms with E-state index in [4.69, 9.17) is 9.90 Å². The first-order valence-corrected chi connectivity index (χ1v) is 12.7. The van der Waals surface area contributed by atoms with Crippen LogP contribution in [0.2, 0.25) is 0 Å². The second-order valence-corrected chi connectivity index (χ2v) is 9.97. The summed E-state index contributed by atoms with van der Waals surface area (Å²) in [5, 5.41) is 3.02. The van der Waals surface area contributed by atoms with Crippen LogP contribution in [-0.2, 0) is 20.1 Å². The van der Waals surface area contributed by atoms with Crippen LogP contribution >= 0.6 is 11.3 Å². The van der Waals surface area contributed by atoms with Crippen molar-refractivity contribution < 1.29 is 30.0 Å². The van der Waals surface area contributed by atoms with Gasteiger partial charge in [0.15, 0.2) is 0 Å². The molecule has 0 bridgehead atoms. The van der Waals surface area contributed by atoms with E-state index in [1.165, 1.54) is 21.4 Å². The van der Waals surface area contributed by atoms with Crippen molar-refractivity contribution in [2.75, 3.05) is 0 Å². The van der Waals surface area contributed by atoms with E-state index in [2.05, 4.69) is 48.1 Å². The average Bonchev–Trinajstić information content (AvgIpc) is 3.52. The van der Waals surface area contributed by atoms with Gasteiger partial charge in [0.1, 0.15) is 5.58 Å². The first-order valence-electron chi connectivity index (χ1n) is 13.8. The molecule has 0 aliphatic heterocycles. The molecule has 1 radical (unpaired) electrons. The molecule has 4 aromatic heterocycles. The van der Waals surface area contributed by atoms with Crippen LogP contribution in [-0.4, -0.2) is 9.97 Å². The summed E-state index contributed by atoms with van der Waals surface area (Å²) in [5.41, 5.74) is 6.35. The molecule has 0 N–H and O–H groups in total. The summed E-state index contributed by atoms with van der Waals surface area (Å²) in [4.78, 5) is 9.65. The fourth-order valence-corrected chi connectivity index (χ4v) is 5.45. The third-order valence-electron chi connectivity index (χ3n) is 6.34. The van der Waals surface area contributed by atoms with Crippen molar-refractivity contribution in [1.29, 1.82) is 0 Å². The van der Waals surface area contributed by atoms with Gasteiger partial charge in [0.05, 0.1) is 15.8 Å². The standard InChI is InChI=1S/C21H14NOS.C12H10N.Ir/c1-12-13(2)24-21-14(12)9-10-16-15-6-5-7-17(19(15)23-20(16)21)18-8-3-4-11-22-18;1-10-7-8-12(13-9-10)11-5-3-2-4-6-11;/h3-6,8-11H,1-2H3;2-5,7-9H,1H3;/q2*-1;/i3D,4D,8D,11D;;. The Balaban J connectivity index is 0.000000212. The van der Waals surface area contributed by atoms with Crippen molar-refractivity contribution in [3.63, 3.8) is 0 Å². The molecule has 0 atom stereocenters. The van der Waals surface area contributed by atoms with E-state index in [0.717, 1.165) is 32.3 Å². The van der Waals surface area contributed by atoms with Crippen molar-refractivity contribution >= 4 is 43.4 Å². The zero-order valence-corrected chi connectivity index (χ0v) is 24.1. The van der Waals surface area contributed by atoms with Crippen molar-refractivity contribution in [1.82, 2.24) is 9.97 Å². The number of aromatic nitrogens is 2. The maximum Gasteiger partial charge on any atom is 0.138 e. The molecule has 38 heavy (non-hydrogen) atoms. The van der Waals surface area contributed by atoms with Gasteiger partial charge in [-0.1, -0.05) is 47.3 Å². The molecule has 0 saturated carbocycles. The molecule has 189 valence electrons. The largest absolute Gasteiger partial charge is 0.499 e. The number of furan rings is 1. The third-order valence-corrected chi connectivity index (χ3v) is 7.57. The van der Waals surface area contributed by atoms with Crippen molar-refractivity contribution in [2.45, 2.75) is 20.8 Å². The normalized spacial score (nSPS) is 12.3. The van der Waals surface area contributed by atoms with Crippen LogP contribution in [0, 0.1) is 32.9 Å². The molecule has 0 aliphatic rings. The van der Waals surface area contributed by atoms with Crippen molar-refractivity contribution in [2.24, 2.45) is 0 Å². The van der Waals surface area contributed by atoms with Crippen LogP contribution in [0.25, 0.3) is 54.5 Å². The van der Waals surface area contributed by atoms with Crippen LogP contribution in [0.15, 0.2) is 95.6 Å². The molecule has 0 amide bonds. The molecule has 3 nitrogen and oxygen atoms in total. The van der Waals surface area contributed by atoms with Gasteiger partial charge in [-0.05, 0) is 54.7 Å². The van der Waals surface area contributed by atoms with Crippen molar-refractivity contribution in [3.05, 3.63) is 119 Å². The Bertz CT molecular complexity index is 2070. The van der Waals surface area contributed by atoms with E-state index >= 15 is 0 Å². The molecule has 0 unspecified atom stereocenters. The van der Waals surface area contributed by atoms with Crippen LogP contribution < -0.4 is 0 Å². The Labute approximate surface area is 245 Å². The van der Waals surface area contributed by atoms with Crippen LogP contribution in [0.1, 0.15) is 21.5 Å². The fraction of sp³-hybridized carbons (Fsp3) is 0.0909. The maximum absolute atomic E-state index is 8.23. The number of hydrogen-bond acceptors (Lipinski definition) is 4. The number of aryl methyl sites for hydroxylation is 3. The Morgan fingerprint density at radius 3 is 2.45 bits per heavy atom. The van der Waals surface area contributed by atoms with Crippen LogP contribution in [0.4, 0.5) is 0 Å². The zero-order valence-electron chi connectivity index (χ0n) is 24.9. The molecule has 7 rings (SSSR count). The Kier molecular flexibility index (Phi) is 6.17. The molecular formula is C33H24IrN2OS-2. The third kappa shape index (κ3) is 4.81. The molecule has 3 aromatic carbocycles. The van der Waals surface area contributed by atoms with Gasteiger partial charge >= 0.3 is 0 Å². The average molecular weight is 693 g/mol. The molecule has 0 spiro atoms. The number of thiophene rings is 1. The maximum atomic E-state index is 8.23. The van der Waals surface area contributed by atoms with E-state index in [1.54, 1.807) is 17.4 Å². The summed E-state index contributed by atoms with van der Waals surface area (Å²) in [7, 11) is 0. The van der Waals surface area contributed by atoms with Gasteiger partial charge in [0, 0.05) is 42.7 Å². The number of benzene rings is 3. The quantitative estimate of drug-likeness (QED) is 0.170. The second kappa shape index (κ2) is 11.0. The van der Waals surface area contributed by atoms with E-state index in [-0.39, 0.29) is 50.1 Å². The van der Waals surface area contributed by atoms with E-state index in [9.17, 15) is 0 Å². The minimum absolute atomic E-state index is 0. The summed E-state index contributed by atoms with van der Waals surface area (Å²) < 4.78 is 39.1. The molecule has 5 heteroatoms. The molecule has 7 aromatic rings. The molecule has 0 fully saturated rings. The SMILES string of the molecule is Cc1ccc(-c2[c-]cccc2)nc1.[2H]c1nc(-c2[c-]ccc3c2oc2c3ccc3c(C)c(C)sc32)c([2H])c([2H])c1[2H].[Ir]. The van der Waals surface area contributed by atoms with Gasteiger partial charge in [-0.15, -0.1) is 65.4 Å². The van der Waals surface area contributed by atoms with Crippen LogP contribution in [0.5, 0.6) is 0 Å². The van der Waals surface area contributed by atoms with Crippen molar-refractivity contribution in [3.8, 4) is 22.5 Å². The predicted molar refractivity (Wildman–Crippen MR) is 154 cm³/mol. The molecule has 0 saturated heterocycles. The number of hydrogen-bond donors (Lipinski definition) is 0. The number of fused-ring (bicyclic) bond motifs is 5. The summed E-state index contributed by atoms with van der Waals surface area (Å²) in [6.45, 7) is 6.23. The van der Waals surface area contributed by atoms with E-state index < -0.39 is 0 Å². The summed E-state index contributed by atoms with van der Waals surface area (Å²) in [6, 6.07) is 25.1. The molecule has 0 aliphatic carbocycles. The van der Waals surface area contributed by atoms with Gasteiger partial charge in [-0.2, -0.15) is 0 Å². The first-order chi connectivity index (χ1) is 19.7. The topological polar surface area (TPSA) is 38.9 Å². The predicted octanol–water partition coefficient (Wildman–Crippen LogP) is 9.13. The van der Waals surface area contributed by atoms with E-state index in [1.807, 2.05) is 55.6 Å². The Hall–Kier alpha value is -3.63. The smallest absolute Gasteiger partial charge is 0.138 e. The van der Waals surface area contributed by atoms with Gasteiger partial charge in [0.25, 0.3) is 0 Å². The molecule has 4 heterocycles. The monoisotopic (exact) mass is 693 g/mol. The van der Waals surface area contributed by atoms with Gasteiger partial charge < -0.3 is 14.4 Å². The summed E-state index contributed by atoms with van der Waals surface area (Å²) in [6.07, 6.45) is 1.54. The minimum atomic E-state index is -0.350. The van der Waals surface area contributed by atoms with Crippen LogP contribution in [0.3, 0.4) is 0 Å². The Morgan fingerprint density at radius 2 is 1.66 bits per heavy atom. The summed E-state index contributed by atoms with van der Waals surface area (Å²) >= 11 is 1.69. The Morgan fingerprint density at radius 1 is 0.816 bits per heavy atom. The van der Waals surface area contributed by atoms with Gasteiger partial charge in [-0.3, -0.25) is 0 Å². The van der Waals surface area contributed by atoms with Gasteiger partial charge in [0.2, 0.25) is 0 Å². The second-order valence-electron chi connectivity index (χ2n) is 8.74. The minimum Gasteiger partial charge on any atom is -0.499 e.